The van der Waals surface area contributed by atoms with Crippen LogP contribution in [0.4, 0.5) is 18.9 Å². The summed E-state index contributed by atoms with van der Waals surface area (Å²) in [7, 11) is 0. The Balaban J connectivity index is 1.76. The molecule has 1 N–H and O–H groups in total. The minimum atomic E-state index is -4.30. The lowest BCUT2D eigenvalue weighted by atomic mass is 9.94. The average Bonchev–Trinajstić information content (AvgIpc) is 2.95. The van der Waals surface area contributed by atoms with E-state index in [1.54, 1.807) is 6.07 Å². The molecule has 0 spiro atoms. The van der Waals surface area contributed by atoms with E-state index >= 15 is 0 Å². The highest BCUT2D eigenvalue weighted by Gasteiger charge is 2.44. The number of fused-ring (bicyclic) bond motifs is 1. The molecule has 3 rings (SSSR count). The zero-order chi connectivity index (χ0) is 14.2. The third-order valence-corrected chi connectivity index (χ3v) is 4.65. The Hall–Kier alpha value is -1.23. The highest BCUT2D eigenvalue weighted by Crippen LogP contribution is 2.40. The molecule has 2 aliphatic heterocycles. The molecule has 20 heavy (non-hydrogen) atoms. The summed E-state index contributed by atoms with van der Waals surface area (Å²) in [4.78, 5) is 2.44. The second kappa shape index (κ2) is 4.95. The van der Waals surface area contributed by atoms with Crippen LogP contribution in [0.5, 0.6) is 0 Å². The molecule has 2 fully saturated rings. The van der Waals surface area contributed by atoms with Gasteiger partial charge in [-0.05, 0) is 50.9 Å². The standard InChI is InChI=1S/C15H19F3N2/c16-15(17,18)12-5-1-2-6-13(12)19-11-14-7-3-9-20(14)10-4-8-14/h1-2,5-6,19H,3-4,7-11H2. The maximum atomic E-state index is 13.0. The Labute approximate surface area is 117 Å². The van der Waals surface area contributed by atoms with E-state index in [1.807, 2.05) is 0 Å². The summed E-state index contributed by atoms with van der Waals surface area (Å²) in [6, 6.07) is 5.74. The second-order valence-corrected chi connectivity index (χ2v) is 5.82. The Morgan fingerprint density at radius 1 is 1.10 bits per heavy atom. The predicted molar refractivity (Wildman–Crippen MR) is 72.7 cm³/mol. The Bertz CT molecular complexity index is 474. The van der Waals surface area contributed by atoms with Crippen LogP contribution in [-0.4, -0.2) is 30.1 Å². The fraction of sp³-hybridized carbons (Fsp3) is 0.600. The molecule has 0 bridgehead atoms. The average molecular weight is 284 g/mol. The van der Waals surface area contributed by atoms with E-state index in [0.29, 0.717) is 6.54 Å². The van der Waals surface area contributed by atoms with Crippen molar-refractivity contribution >= 4 is 5.69 Å². The first-order chi connectivity index (χ1) is 9.51. The number of alkyl halides is 3. The Morgan fingerprint density at radius 2 is 1.75 bits per heavy atom. The van der Waals surface area contributed by atoms with Gasteiger partial charge in [0.05, 0.1) is 5.56 Å². The van der Waals surface area contributed by atoms with Crippen molar-refractivity contribution in [1.29, 1.82) is 0 Å². The van der Waals surface area contributed by atoms with Gasteiger partial charge in [0.2, 0.25) is 0 Å². The zero-order valence-electron chi connectivity index (χ0n) is 11.3. The van der Waals surface area contributed by atoms with Crippen LogP contribution in [0.25, 0.3) is 0 Å². The lowest BCUT2D eigenvalue weighted by Gasteiger charge is -2.33. The van der Waals surface area contributed by atoms with Crippen molar-refractivity contribution in [3.05, 3.63) is 29.8 Å². The molecule has 1 aromatic rings. The van der Waals surface area contributed by atoms with Crippen molar-refractivity contribution in [2.45, 2.75) is 37.4 Å². The van der Waals surface area contributed by atoms with Crippen molar-refractivity contribution in [3.8, 4) is 0 Å². The second-order valence-electron chi connectivity index (χ2n) is 5.82. The number of anilines is 1. The summed E-state index contributed by atoms with van der Waals surface area (Å²) in [6.45, 7) is 2.78. The quantitative estimate of drug-likeness (QED) is 0.909. The van der Waals surface area contributed by atoms with Gasteiger partial charge in [-0.1, -0.05) is 12.1 Å². The molecular weight excluding hydrogens is 265 g/mol. The summed E-state index contributed by atoms with van der Waals surface area (Å²) in [5.41, 5.74) is -0.286. The minimum absolute atomic E-state index is 0.0821. The van der Waals surface area contributed by atoms with E-state index in [1.165, 1.54) is 12.1 Å². The number of para-hydroxylation sites is 1. The number of halogens is 3. The van der Waals surface area contributed by atoms with Gasteiger partial charge >= 0.3 is 6.18 Å². The molecule has 2 saturated heterocycles. The van der Waals surface area contributed by atoms with Gasteiger partial charge in [-0.25, -0.2) is 0 Å². The van der Waals surface area contributed by atoms with Crippen molar-refractivity contribution in [3.63, 3.8) is 0 Å². The van der Waals surface area contributed by atoms with E-state index in [9.17, 15) is 13.2 Å². The number of hydrogen-bond donors (Lipinski definition) is 1. The van der Waals surface area contributed by atoms with Gasteiger partial charge in [-0.3, -0.25) is 4.90 Å². The van der Waals surface area contributed by atoms with E-state index in [2.05, 4.69) is 10.2 Å². The first-order valence-electron chi connectivity index (χ1n) is 7.16. The van der Waals surface area contributed by atoms with Crippen molar-refractivity contribution in [2.24, 2.45) is 0 Å². The summed E-state index contributed by atoms with van der Waals surface area (Å²) < 4.78 is 38.9. The summed E-state index contributed by atoms with van der Waals surface area (Å²) >= 11 is 0. The predicted octanol–water partition coefficient (Wildman–Crippen LogP) is 3.75. The fourth-order valence-corrected chi connectivity index (χ4v) is 3.66. The molecule has 2 aliphatic rings. The highest BCUT2D eigenvalue weighted by molar-refractivity contribution is 5.53. The molecule has 5 heteroatoms. The lowest BCUT2D eigenvalue weighted by molar-refractivity contribution is -0.137. The molecule has 0 radical (unpaired) electrons. The van der Waals surface area contributed by atoms with E-state index < -0.39 is 11.7 Å². The number of rotatable bonds is 3. The summed E-state index contributed by atoms with van der Waals surface area (Å²) in [5.74, 6) is 0. The van der Waals surface area contributed by atoms with Gasteiger partial charge in [-0.2, -0.15) is 13.2 Å². The third kappa shape index (κ3) is 2.39. The van der Waals surface area contributed by atoms with Crippen molar-refractivity contribution < 1.29 is 13.2 Å². The van der Waals surface area contributed by atoms with Crippen LogP contribution in [0.3, 0.4) is 0 Å². The molecule has 110 valence electrons. The SMILES string of the molecule is FC(F)(F)c1ccccc1NCC12CCCN1CCC2. The van der Waals surface area contributed by atoms with Crippen molar-refractivity contribution in [2.75, 3.05) is 25.0 Å². The van der Waals surface area contributed by atoms with Crippen LogP contribution >= 0.6 is 0 Å². The largest absolute Gasteiger partial charge is 0.418 e. The molecule has 1 aromatic carbocycles. The Kier molecular flexibility index (Phi) is 3.40. The smallest absolute Gasteiger partial charge is 0.383 e. The highest BCUT2D eigenvalue weighted by atomic mass is 19.4. The van der Waals surface area contributed by atoms with Gasteiger partial charge in [0.15, 0.2) is 0 Å². The van der Waals surface area contributed by atoms with Crippen molar-refractivity contribution in [1.82, 2.24) is 4.90 Å². The maximum absolute atomic E-state index is 13.0. The van der Waals surface area contributed by atoms with Crippen LogP contribution in [0.15, 0.2) is 24.3 Å². The van der Waals surface area contributed by atoms with Crippen LogP contribution in [0, 0.1) is 0 Å². The minimum Gasteiger partial charge on any atom is -0.383 e. The maximum Gasteiger partial charge on any atom is 0.418 e. The molecule has 2 heterocycles. The summed E-state index contributed by atoms with van der Waals surface area (Å²) in [6.07, 6.45) is 0.194. The van der Waals surface area contributed by atoms with Crippen LogP contribution in [-0.2, 0) is 6.18 Å². The third-order valence-electron chi connectivity index (χ3n) is 4.65. The number of nitrogens with zero attached hydrogens (tertiary/aromatic N) is 1. The van der Waals surface area contributed by atoms with Crippen LogP contribution in [0.2, 0.25) is 0 Å². The van der Waals surface area contributed by atoms with Gasteiger partial charge in [-0.15, -0.1) is 0 Å². The lowest BCUT2D eigenvalue weighted by Crippen LogP contribution is -2.44. The molecule has 0 aliphatic carbocycles. The van der Waals surface area contributed by atoms with Crippen LogP contribution < -0.4 is 5.32 Å². The molecule has 0 atom stereocenters. The number of nitrogens with one attached hydrogen (secondary N) is 1. The zero-order valence-corrected chi connectivity index (χ0v) is 11.3. The molecular formula is C15H19F3N2. The Morgan fingerprint density at radius 3 is 2.40 bits per heavy atom. The number of hydrogen-bond acceptors (Lipinski definition) is 2. The van der Waals surface area contributed by atoms with E-state index in [4.69, 9.17) is 0 Å². The van der Waals surface area contributed by atoms with E-state index in [-0.39, 0.29) is 11.2 Å². The monoisotopic (exact) mass is 284 g/mol. The van der Waals surface area contributed by atoms with Gasteiger partial charge < -0.3 is 5.32 Å². The summed E-state index contributed by atoms with van der Waals surface area (Å²) in [5, 5.41) is 3.06. The molecule has 0 saturated carbocycles. The van der Waals surface area contributed by atoms with Gasteiger partial charge in [0, 0.05) is 17.8 Å². The fourth-order valence-electron chi connectivity index (χ4n) is 3.66. The normalized spacial score (nSPS) is 21.9. The first-order valence-corrected chi connectivity index (χ1v) is 7.16. The van der Waals surface area contributed by atoms with E-state index in [0.717, 1.165) is 44.8 Å². The molecule has 2 nitrogen and oxygen atoms in total. The number of benzene rings is 1. The van der Waals surface area contributed by atoms with Gasteiger partial charge in [0.1, 0.15) is 0 Å². The molecule has 0 amide bonds. The topological polar surface area (TPSA) is 15.3 Å². The molecule has 0 unspecified atom stereocenters. The first kappa shape index (κ1) is 13.7. The van der Waals surface area contributed by atoms with Gasteiger partial charge in [0.25, 0.3) is 0 Å². The molecule has 0 aromatic heterocycles. The van der Waals surface area contributed by atoms with Crippen LogP contribution in [0.1, 0.15) is 31.2 Å².